The van der Waals surface area contributed by atoms with E-state index in [1.54, 1.807) is 32.4 Å². The van der Waals surface area contributed by atoms with Gasteiger partial charge in [-0.1, -0.05) is 30.3 Å². The minimum Gasteiger partial charge on any atom is -0.497 e. The molecule has 1 aliphatic rings. The summed E-state index contributed by atoms with van der Waals surface area (Å²) >= 11 is 0. The predicted octanol–water partition coefficient (Wildman–Crippen LogP) is 4.06. The van der Waals surface area contributed by atoms with Crippen LogP contribution in [0.2, 0.25) is 0 Å². The summed E-state index contributed by atoms with van der Waals surface area (Å²) in [5.74, 6) is 1.03. The Morgan fingerprint density at radius 1 is 0.889 bits per heavy atom. The van der Waals surface area contributed by atoms with E-state index >= 15 is 0 Å². The Hall–Kier alpha value is -3.71. The van der Waals surface area contributed by atoms with Crippen molar-refractivity contribution in [2.24, 2.45) is 0 Å². The summed E-state index contributed by atoms with van der Waals surface area (Å²) in [6.45, 7) is 4.22. The van der Waals surface area contributed by atoms with Gasteiger partial charge in [0.1, 0.15) is 11.5 Å². The van der Waals surface area contributed by atoms with Crippen molar-refractivity contribution in [3.05, 3.63) is 83.9 Å². The number of carbonyl (C=O) groups is 1. The van der Waals surface area contributed by atoms with Gasteiger partial charge in [-0.15, -0.1) is 0 Å². The monoisotopic (exact) mass is 488 g/mol. The van der Waals surface area contributed by atoms with Crippen LogP contribution in [0.1, 0.15) is 22.0 Å². The molecule has 3 aromatic carbocycles. The molecule has 0 saturated carbocycles. The van der Waals surface area contributed by atoms with Crippen molar-refractivity contribution in [3.8, 4) is 11.5 Å². The molecule has 7 nitrogen and oxygen atoms in total. The van der Waals surface area contributed by atoms with Gasteiger partial charge in [0, 0.05) is 69.8 Å². The van der Waals surface area contributed by atoms with Crippen molar-refractivity contribution in [3.63, 3.8) is 0 Å². The number of benzene rings is 3. The van der Waals surface area contributed by atoms with Gasteiger partial charge >= 0.3 is 0 Å². The summed E-state index contributed by atoms with van der Waals surface area (Å²) in [5.41, 5.74) is 4.11. The predicted molar refractivity (Wildman–Crippen MR) is 146 cm³/mol. The van der Waals surface area contributed by atoms with E-state index in [1.807, 2.05) is 20.2 Å². The summed E-state index contributed by atoms with van der Waals surface area (Å²) in [5, 5.41) is 3.16. The summed E-state index contributed by atoms with van der Waals surface area (Å²) in [7, 11) is 7.24. The van der Waals surface area contributed by atoms with Gasteiger partial charge in [0.15, 0.2) is 0 Å². The van der Waals surface area contributed by atoms with E-state index in [-0.39, 0.29) is 11.9 Å². The lowest BCUT2D eigenvalue weighted by atomic mass is 10.0. The topological polar surface area (TPSA) is 57.3 Å². The molecule has 0 unspecified atom stereocenters. The quantitative estimate of drug-likeness (QED) is 0.490. The lowest BCUT2D eigenvalue weighted by Crippen LogP contribution is -2.50. The fourth-order valence-electron chi connectivity index (χ4n) is 4.61. The largest absolute Gasteiger partial charge is 0.497 e. The molecule has 36 heavy (non-hydrogen) atoms. The number of methoxy groups -OCH3 is 2. The fraction of sp³-hybridized carbons (Fsp3) is 0.345. The molecule has 0 aliphatic carbocycles. The van der Waals surface area contributed by atoms with Crippen molar-refractivity contribution in [1.29, 1.82) is 0 Å². The molecule has 1 N–H and O–H groups in total. The number of para-hydroxylation sites is 1. The molecular formula is C29H36N4O3. The average molecular weight is 489 g/mol. The van der Waals surface area contributed by atoms with Crippen LogP contribution in [0, 0.1) is 0 Å². The van der Waals surface area contributed by atoms with Gasteiger partial charge in [0.25, 0.3) is 5.91 Å². The zero-order valence-corrected chi connectivity index (χ0v) is 21.6. The standard InChI is InChI=1S/C29H36N4O3/c1-31(2)24-12-10-22(11-13-24)28(33-16-14-32(15-17-33)25-8-6-5-7-9-25)21-30-29(34)23-18-26(35-3)20-27(19-23)36-4/h5-13,18-20,28H,14-17,21H2,1-4H3,(H,30,34)/t28-/m0/s1. The number of ether oxygens (including phenoxy) is 2. The minimum absolute atomic E-state index is 0.0654. The Labute approximate surface area is 214 Å². The second-order valence-corrected chi connectivity index (χ2v) is 9.17. The zero-order chi connectivity index (χ0) is 25.5. The highest BCUT2D eigenvalue weighted by atomic mass is 16.5. The van der Waals surface area contributed by atoms with Crippen LogP contribution in [0.25, 0.3) is 0 Å². The van der Waals surface area contributed by atoms with Gasteiger partial charge in [-0.2, -0.15) is 0 Å². The third-order valence-electron chi connectivity index (χ3n) is 6.74. The SMILES string of the molecule is COc1cc(OC)cc(C(=O)NC[C@@H](c2ccc(N(C)C)cc2)N2CCN(c3ccccc3)CC2)c1. The summed E-state index contributed by atoms with van der Waals surface area (Å²) in [4.78, 5) is 20.1. The van der Waals surface area contributed by atoms with Crippen LogP contribution in [0.5, 0.6) is 11.5 Å². The Morgan fingerprint density at radius 3 is 2.06 bits per heavy atom. The number of rotatable bonds is 9. The van der Waals surface area contributed by atoms with E-state index in [4.69, 9.17) is 9.47 Å². The van der Waals surface area contributed by atoms with E-state index in [0.29, 0.717) is 23.6 Å². The molecule has 1 fully saturated rings. The van der Waals surface area contributed by atoms with Crippen LogP contribution in [-0.2, 0) is 0 Å². The van der Waals surface area contributed by atoms with Crippen LogP contribution in [-0.4, -0.2) is 71.8 Å². The first-order valence-corrected chi connectivity index (χ1v) is 12.3. The van der Waals surface area contributed by atoms with E-state index in [1.165, 1.54) is 11.3 Å². The van der Waals surface area contributed by atoms with Crippen molar-refractivity contribution < 1.29 is 14.3 Å². The average Bonchev–Trinajstić information content (AvgIpc) is 2.93. The van der Waals surface area contributed by atoms with Gasteiger partial charge in [0.2, 0.25) is 0 Å². The van der Waals surface area contributed by atoms with Gasteiger partial charge in [-0.25, -0.2) is 0 Å². The Balaban J connectivity index is 1.50. The lowest BCUT2D eigenvalue weighted by molar-refractivity contribution is 0.0929. The maximum Gasteiger partial charge on any atom is 0.251 e. The number of anilines is 2. The van der Waals surface area contributed by atoms with E-state index in [2.05, 4.69) is 68.5 Å². The second kappa shape index (κ2) is 11.8. The first-order chi connectivity index (χ1) is 17.5. The Morgan fingerprint density at radius 2 is 1.50 bits per heavy atom. The molecule has 4 rings (SSSR count). The molecule has 1 heterocycles. The number of hydrogen-bond donors (Lipinski definition) is 1. The van der Waals surface area contributed by atoms with Crippen LogP contribution in [0.4, 0.5) is 11.4 Å². The maximum atomic E-state index is 13.1. The molecule has 0 spiro atoms. The van der Waals surface area contributed by atoms with Crippen LogP contribution in [0.3, 0.4) is 0 Å². The second-order valence-electron chi connectivity index (χ2n) is 9.17. The lowest BCUT2D eigenvalue weighted by Gasteiger charge is -2.40. The number of hydrogen-bond acceptors (Lipinski definition) is 6. The molecule has 3 aromatic rings. The highest BCUT2D eigenvalue weighted by Gasteiger charge is 2.26. The first-order valence-electron chi connectivity index (χ1n) is 12.3. The molecule has 1 amide bonds. The molecule has 0 bridgehead atoms. The highest BCUT2D eigenvalue weighted by molar-refractivity contribution is 5.95. The van der Waals surface area contributed by atoms with E-state index in [9.17, 15) is 4.79 Å². The van der Waals surface area contributed by atoms with Gasteiger partial charge in [-0.05, 0) is 42.0 Å². The number of amides is 1. The molecule has 0 radical (unpaired) electrons. The van der Waals surface area contributed by atoms with Crippen LogP contribution in [0.15, 0.2) is 72.8 Å². The van der Waals surface area contributed by atoms with Crippen molar-refractivity contribution in [1.82, 2.24) is 10.2 Å². The fourth-order valence-corrected chi connectivity index (χ4v) is 4.61. The summed E-state index contributed by atoms with van der Waals surface area (Å²) in [6, 6.07) is 24.4. The summed E-state index contributed by atoms with van der Waals surface area (Å²) in [6.07, 6.45) is 0. The van der Waals surface area contributed by atoms with Gasteiger partial charge in [0.05, 0.1) is 20.3 Å². The van der Waals surface area contributed by atoms with Gasteiger partial charge < -0.3 is 24.6 Å². The number of carbonyl (C=O) groups excluding carboxylic acids is 1. The first kappa shape index (κ1) is 25.4. The normalized spacial score (nSPS) is 14.7. The smallest absolute Gasteiger partial charge is 0.251 e. The number of nitrogens with zero attached hydrogens (tertiary/aromatic N) is 3. The minimum atomic E-state index is -0.148. The zero-order valence-electron chi connectivity index (χ0n) is 21.6. The molecule has 1 aliphatic heterocycles. The molecular weight excluding hydrogens is 452 g/mol. The highest BCUT2D eigenvalue weighted by Crippen LogP contribution is 2.27. The molecule has 7 heteroatoms. The van der Waals surface area contributed by atoms with E-state index < -0.39 is 0 Å². The molecule has 0 aromatic heterocycles. The third-order valence-corrected chi connectivity index (χ3v) is 6.74. The maximum absolute atomic E-state index is 13.1. The Bertz CT molecular complexity index is 1100. The van der Waals surface area contributed by atoms with Crippen molar-refractivity contribution in [2.75, 3.05) is 70.8 Å². The van der Waals surface area contributed by atoms with E-state index in [0.717, 1.165) is 31.9 Å². The number of nitrogens with one attached hydrogen (secondary N) is 1. The number of piperazine rings is 1. The van der Waals surface area contributed by atoms with Crippen molar-refractivity contribution in [2.45, 2.75) is 6.04 Å². The molecule has 1 saturated heterocycles. The molecule has 1 atom stereocenters. The third kappa shape index (κ3) is 6.10. The molecule has 190 valence electrons. The summed E-state index contributed by atoms with van der Waals surface area (Å²) < 4.78 is 10.7. The Kier molecular flexibility index (Phi) is 8.33. The van der Waals surface area contributed by atoms with Gasteiger partial charge in [-0.3, -0.25) is 9.69 Å². The van der Waals surface area contributed by atoms with Crippen LogP contribution >= 0.6 is 0 Å². The van der Waals surface area contributed by atoms with Crippen molar-refractivity contribution >= 4 is 17.3 Å². The van der Waals surface area contributed by atoms with Crippen LogP contribution < -0.4 is 24.6 Å².